The van der Waals surface area contributed by atoms with Crippen LogP contribution >= 0.6 is 0 Å². The van der Waals surface area contributed by atoms with Gasteiger partial charge in [0.2, 0.25) is 0 Å². The lowest BCUT2D eigenvalue weighted by Crippen LogP contribution is -2.23. The molecule has 0 aromatic carbocycles. The number of carbonyl (C=O) groups is 2. The third-order valence-corrected chi connectivity index (χ3v) is 2.49. The number of nitrogens with zero attached hydrogens (tertiary/aromatic N) is 1. The first-order valence-corrected chi connectivity index (χ1v) is 4.87. The van der Waals surface area contributed by atoms with E-state index in [1.807, 2.05) is 0 Å². The van der Waals surface area contributed by atoms with Crippen LogP contribution < -0.4 is 0 Å². The second kappa shape index (κ2) is 3.81. The minimum absolute atomic E-state index is 0.170. The van der Waals surface area contributed by atoms with Gasteiger partial charge >= 0.3 is 5.97 Å². The number of Topliss-reactive ketones (excluding diaryl/α,β-unsaturated/α-hetero) is 1. The lowest BCUT2D eigenvalue weighted by molar-refractivity contribution is -0.145. The highest BCUT2D eigenvalue weighted by Gasteiger charge is 2.36. The Morgan fingerprint density at radius 3 is 3.13 bits per heavy atom. The van der Waals surface area contributed by atoms with Crippen LogP contribution in [0.4, 0.5) is 0 Å². The number of rotatable bonds is 2. The predicted molar refractivity (Wildman–Crippen MR) is 52.4 cm³/mol. The second-order valence-electron chi connectivity index (χ2n) is 3.41. The third kappa shape index (κ3) is 1.63. The first-order chi connectivity index (χ1) is 7.24. The van der Waals surface area contributed by atoms with E-state index in [0.29, 0.717) is 18.6 Å². The van der Waals surface area contributed by atoms with E-state index >= 15 is 0 Å². The van der Waals surface area contributed by atoms with Crippen molar-refractivity contribution in [1.29, 1.82) is 0 Å². The summed E-state index contributed by atoms with van der Waals surface area (Å²) < 4.78 is 4.85. The van der Waals surface area contributed by atoms with Crippen LogP contribution in [0.5, 0.6) is 0 Å². The summed E-state index contributed by atoms with van der Waals surface area (Å²) in [7, 11) is 0. The molecule has 1 aromatic heterocycles. The SMILES string of the molecule is CCOC(=O)[C@@H]1Cc2ccncc2C1=O. The molecule has 0 saturated carbocycles. The number of pyridine rings is 1. The summed E-state index contributed by atoms with van der Waals surface area (Å²) in [6.07, 6.45) is 3.58. The van der Waals surface area contributed by atoms with Crippen molar-refractivity contribution < 1.29 is 14.3 Å². The van der Waals surface area contributed by atoms with Gasteiger partial charge in [-0.1, -0.05) is 0 Å². The summed E-state index contributed by atoms with van der Waals surface area (Å²) in [6.45, 7) is 2.03. The largest absolute Gasteiger partial charge is 0.465 e. The lowest BCUT2D eigenvalue weighted by Gasteiger charge is -2.05. The van der Waals surface area contributed by atoms with E-state index in [1.54, 1.807) is 19.2 Å². The summed E-state index contributed by atoms with van der Waals surface area (Å²) in [5.74, 6) is -1.26. The zero-order chi connectivity index (χ0) is 10.8. The van der Waals surface area contributed by atoms with Crippen molar-refractivity contribution in [2.45, 2.75) is 13.3 Å². The Morgan fingerprint density at radius 2 is 2.47 bits per heavy atom. The van der Waals surface area contributed by atoms with Crippen LogP contribution in [0.25, 0.3) is 0 Å². The molecule has 2 rings (SSSR count). The minimum Gasteiger partial charge on any atom is -0.465 e. The van der Waals surface area contributed by atoms with E-state index < -0.39 is 11.9 Å². The molecule has 0 unspecified atom stereocenters. The van der Waals surface area contributed by atoms with Crippen LogP contribution in [-0.2, 0) is 16.0 Å². The first kappa shape index (κ1) is 9.83. The molecule has 1 aromatic rings. The Hall–Kier alpha value is -1.71. The fraction of sp³-hybridized carbons (Fsp3) is 0.364. The Kier molecular flexibility index (Phi) is 2.49. The van der Waals surface area contributed by atoms with E-state index in [-0.39, 0.29) is 5.78 Å². The zero-order valence-electron chi connectivity index (χ0n) is 8.40. The molecule has 0 radical (unpaired) electrons. The van der Waals surface area contributed by atoms with Crippen LogP contribution in [0.2, 0.25) is 0 Å². The monoisotopic (exact) mass is 205 g/mol. The molecule has 0 aliphatic heterocycles. The number of hydrogen-bond donors (Lipinski definition) is 0. The van der Waals surface area contributed by atoms with Gasteiger partial charge in [0.25, 0.3) is 0 Å². The lowest BCUT2D eigenvalue weighted by atomic mass is 10.1. The molecule has 1 aliphatic rings. The summed E-state index contributed by atoms with van der Waals surface area (Å²) in [6, 6.07) is 1.77. The topological polar surface area (TPSA) is 56.3 Å². The van der Waals surface area contributed by atoms with Gasteiger partial charge in [-0.25, -0.2) is 0 Å². The molecule has 78 valence electrons. The fourth-order valence-corrected chi connectivity index (χ4v) is 1.76. The van der Waals surface area contributed by atoms with Gasteiger partial charge in [0.1, 0.15) is 5.92 Å². The van der Waals surface area contributed by atoms with Gasteiger partial charge in [-0.3, -0.25) is 14.6 Å². The number of ketones is 1. The number of aromatic nitrogens is 1. The number of ether oxygens (including phenoxy) is 1. The Bertz CT molecular complexity index is 414. The quantitative estimate of drug-likeness (QED) is 0.534. The van der Waals surface area contributed by atoms with Crippen molar-refractivity contribution in [2.75, 3.05) is 6.61 Å². The first-order valence-electron chi connectivity index (χ1n) is 4.87. The molecule has 4 heteroatoms. The molecular weight excluding hydrogens is 194 g/mol. The van der Waals surface area contributed by atoms with E-state index in [9.17, 15) is 9.59 Å². The molecule has 0 amide bonds. The van der Waals surface area contributed by atoms with Crippen molar-refractivity contribution >= 4 is 11.8 Å². The second-order valence-corrected chi connectivity index (χ2v) is 3.41. The van der Waals surface area contributed by atoms with Gasteiger partial charge in [-0.15, -0.1) is 0 Å². The Labute approximate surface area is 87.3 Å². The summed E-state index contributed by atoms with van der Waals surface area (Å²) in [5.41, 5.74) is 1.43. The standard InChI is InChI=1S/C11H11NO3/c1-2-15-11(14)8-5-7-3-4-12-6-9(7)10(8)13/h3-4,6,8H,2,5H2,1H3/t8-/m1/s1. The molecule has 0 bridgehead atoms. The van der Waals surface area contributed by atoms with Crippen molar-refractivity contribution in [2.24, 2.45) is 5.92 Å². The third-order valence-electron chi connectivity index (χ3n) is 2.49. The highest BCUT2D eigenvalue weighted by atomic mass is 16.5. The molecule has 4 nitrogen and oxygen atoms in total. The van der Waals surface area contributed by atoms with Crippen molar-refractivity contribution in [3.63, 3.8) is 0 Å². The molecule has 0 saturated heterocycles. The van der Waals surface area contributed by atoms with E-state index in [2.05, 4.69) is 4.98 Å². The molecule has 1 heterocycles. The summed E-state index contributed by atoms with van der Waals surface area (Å²) >= 11 is 0. The molecule has 1 aliphatic carbocycles. The highest BCUT2D eigenvalue weighted by Crippen LogP contribution is 2.26. The van der Waals surface area contributed by atoms with Crippen molar-refractivity contribution in [3.05, 3.63) is 29.6 Å². The minimum atomic E-state index is -0.663. The van der Waals surface area contributed by atoms with E-state index in [4.69, 9.17) is 4.74 Å². The van der Waals surface area contributed by atoms with Gasteiger partial charge in [0.15, 0.2) is 5.78 Å². The summed E-state index contributed by atoms with van der Waals surface area (Å²) in [4.78, 5) is 27.1. The van der Waals surface area contributed by atoms with Gasteiger partial charge in [0, 0.05) is 18.0 Å². The maximum absolute atomic E-state index is 11.8. The van der Waals surface area contributed by atoms with Crippen LogP contribution in [0.3, 0.4) is 0 Å². The number of esters is 1. The van der Waals surface area contributed by atoms with Crippen molar-refractivity contribution in [3.8, 4) is 0 Å². The Morgan fingerprint density at radius 1 is 1.67 bits per heavy atom. The Balaban J connectivity index is 2.24. The van der Waals surface area contributed by atoms with E-state index in [1.165, 1.54) is 6.20 Å². The normalized spacial score (nSPS) is 18.7. The van der Waals surface area contributed by atoms with Crippen molar-refractivity contribution in [1.82, 2.24) is 4.98 Å². The molecule has 15 heavy (non-hydrogen) atoms. The maximum Gasteiger partial charge on any atom is 0.317 e. The molecule has 0 N–H and O–H groups in total. The predicted octanol–water partition coefficient (Wildman–Crippen LogP) is 1.000. The average Bonchev–Trinajstić information content (AvgIpc) is 2.57. The fourth-order valence-electron chi connectivity index (χ4n) is 1.76. The molecular formula is C11H11NO3. The smallest absolute Gasteiger partial charge is 0.317 e. The van der Waals surface area contributed by atoms with Crippen LogP contribution in [0, 0.1) is 5.92 Å². The molecule has 0 fully saturated rings. The van der Waals surface area contributed by atoms with Gasteiger partial charge in [0.05, 0.1) is 6.61 Å². The van der Waals surface area contributed by atoms with Crippen LogP contribution in [0.1, 0.15) is 22.8 Å². The maximum atomic E-state index is 11.8. The van der Waals surface area contributed by atoms with E-state index in [0.717, 1.165) is 5.56 Å². The number of fused-ring (bicyclic) bond motifs is 1. The summed E-state index contributed by atoms with van der Waals surface area (Å²) in [5, 5.41) is 0. The van der Waals surface area contributed by atoms with Crippen LogP contribution in [0.15, 0.2) is 18.5 Å². The molecule has 1 atom stereocenters. The van der Waals surface area contributed by atoms with Gasteiger partial charge in [-0.05, 0) is 25.0 Å². The van der Waals surface area contributed by atoms with Gasteiger partial charge in [-0.2, -0.15) is 0 Å². The van der Waals surface area contributed by atoms with Crippen LogP contribution in [-0.4, -0.2) is 23.3 Å². The molecule has 0 spiro atoms. The number of carbonyl (C=O) groups excluding carboxylic acids is 2. The highest BCUT2D eigenvalue weighted by molar-refractivity contribution is 6.12. The van der Waals surface area contributed by atoms with Gasteiger partial charge < -0.3 is 4.74 Å². The zero-order valence-corrected chi connectivity index (χ0v) is 8.40. The number of hydrogen-bond acceptors (Lipinski definition) is 4. The average molecular weight is 205 g/mol.